The Bertz CT molecular complexity index is 368. The van der Waals surface area contributed by atoms with Crippen LogP contribution >= 0.6 is 0 Å². The van der Waals surface area contributed by atoms with E-state index in [2.05, 4.69) is 24.8 Å². The van der Waals surface area contributed by atoms with E-state index in [4.69, 9.17) is 5.73 Å². The topological polar surface area (TPSA) is 26.0 Å². The molecule has 1 aliphatic carbocycles. The Morgan fingerprint density at radius 2 is 2.12 bits per heavy atom. The first kappa shape index (κ1) is 11.4. The van der Waals surface area contributed by atoms with Crippen molar-refractivity contribution >= 4 is 0 Å². The molecular formula is C15H21N. The molecule has 0 aliphatic heterocycles. The maximum absolute atomic E-state index is 6.20. The Hall–Kier alpha value is -1.08. The third kappa shape index (κ3) is 2.53. The van der Waals surface area contributed by atoms with Gasteiger partial charge in [0.1, 0.15) is 0 Å². The molecule has 2 rings (SSSR count). The average molecular weight is 215 g/mol. The van der Waals surface area contributed by atoms with Crippen LogP contribution in [0.15, 0.2) is 30.9 Å². The molecule has 1 aliphatic rings. The molecule has 0 saturated carbocycles. The number of fused-ring (bicyclic) bond motifs is 1. The van der Waals surface area contributed by atoms with Crippen LogP contribution < -0.4 is 5.73 Å². The quantitative estimate of drug-likeness (QED) is 0.590. The number of benzene rings is 1. The molecule has 1 heteroatoms. The summed E-state index contributed by atoms with van der Waals surface area (Å²) in [5.74, 6) is 0. The molecule has 0 saturated heterocycles. The molecule has 0 spiro atoms. The highest BCUT2D eigenvalue weighted by Gasteiger charge is 2.13. The van der Waals surface area contributed by atoms with Gasteiger partial charge in [-0.15, -0.1) is 6.58 Å². The van der Waals surface area contributed by atoms with Gasteiger partial charge in [-0.05, 0) is 55.2 Å². The molecule has 1 unspecified atom stereocenters. The summed E-state index contributed by atoms with van der Waals surface area (Å²) in [4.78, 5) is 0. The Balaban J connectivity index is 2.00. The average Bonchev–Trinajstić information content (AvgIpc) is 2.76. The van der Waals surface area contributed by atoms with Crippen molar-refractivity contribution in [3.63, 3.8) is 0 Å². The largest absolute Gasteiger partial charge is 0.324 e. The minimum Gasteiger partial charge on any atom is -0.324 e. The van der Waals surface area contributed by atoms with Crippen LogP contribution in [-0.2, 0) is 12.8 Å². The Labute approximate surface area is 98.4 Å². The first-order valence-electron chi connectivity index (χ1n) is 6.29. The van der Waals surface area contributed by atoms with Crippen LogP contribution in [0.4, 0.5) is 0 Å². The lowest BCUT2D eigenvalue weighted by Gasteiger charge is -2.13. The van der Waals surface area contributed by atoms with Crippen LogP contribution in [0, 0.1) is 0 Å². The van der Waals surface area contributed by atoms with Gasteiger partial charge >= 0.3 is 0 Å². The zero-order valence-corrected chi connectivity index (χ0v) is 9.91. The van der Waals surface area contributed by atoms with Gasteiger partial charge in [0.15, 0.2) is 0 Å². The Morgan fingerprint density at radius 3 is 2.94 bits per heavy atom. The minimum absolute atomic E-state index is 0.200. The number of hydrogen-bond donors (Lipinski definition) is 1. The number of rotatable bonds is 5. The molecule has 1 aromatic carbocycles. The van der Waals surface area contributed by atoms with E-state index in [1.54, 1.807) is 0 Å². The van der Waals surface area contributed by atoms with Crippen molar-refractivity contribution in [3.05, 3.63) is 47.5 Å². The van der Waals surface area contributed by atoms with Crippen molar-refractivity contribution in [2.45, 2.75) is 44.6 Å². The Kier molecular flexibility index (Phi) is 3.79. The van der Waals surface area contributed by atoms with Crippen molar-refractivity contribution in [1.82, 2.24) is 0 Å². The molecule has 1 atom stereocenters. The maximum Gasteiger partial charge on any atom is 0.0295 e. The van der Waals surface area contributed by atoms with Crippen LogP contribution in [-0.4, -0.2) is 0 Å². The molecule has 2 N–H and O–H groups in total. The van der Waals surface area contributed by atoms with Gasteiger partial charge in [0.05, 0.1) is 0 Å². The second kappa shape index (κ2) is 5.31. The van der Waals surface area contributed by atoms with E-state index in [0.29, 0.717) is 0 Å². The van der Waals surface area contributed by atoms with E-state index < -0.39 is 0 Å². The fraction of sp³-hybridized carbons (Fsp3) is 0.467. The maximum atomic E-state index is 6.20. The minimum atomic E-state index is 0.200. The van der Waals surface area contributed by atoms with Crippen LogP contribution in [0.2, 0.25) is 0 Å². The predicted octanol–water partition coefficient (Wildman–Crippen LogP) is 3.53. The number of allylic oxidation sites excluding steroid dienone is 1. The summed E-state index contributed by atoms with van der Waals surface area (Å²) in [6.07, 6.45) is 9.04. The summed E-state index contributed by atoms with van der Waals surface area (Å²) < 4.78 is 0. The fourth-order valence-corrected chi connectivity index (χ4v) is 2.47. The number of hydrogen-bond acceptors (Lipinski definition) is 1. The smallest absolute Gasteiger partial charge is 0.0295 e. The van der Waals surface area contributed by atoms with Crippen molar-refractivity contribution in [3.8, 4) is 0 Å². The lowest BCUT2D eigenvalue weighted by atomic mass is 9.98. The first-order chi connectivity index (χ1) is 7.81. The number of unbranched alkanes of at least 4 members (excludes halogenated alkanes) is 1. The molecule has 1 aromatic rings. The number of nitrogens with two attached hydrogens (primary N) is 1. The van der Waals surface area contributed by atoms with E-state index in [1.807, 2.05) is 6.08 Å². The van der Waals surface area contributed by atoms with Crippen LogP contribution in [0.25, 0.3) is 0 Å². The van der Waals surface area contributed by atoms with Gasteiger partial charge in [-0.3, -0.25) is 0 Å². The predicted molar refractivity (Wildman–Crippen MR) is 69.4 cm³/mol. The zero-order valence-electron chi connectivity index (χ0n) is 9.91. The molecule has 0 heterocycles. The molecule has 0 amide bonds. The highest BCUT2D eigenvalue weighted by atomic mass is 14.6. The monoisotopic (exact) mass is 215 g/mol. The Morgan fingerprint density at radius 1 is 1.31 bits per heavy atom. The van der Waals surface area contributed by atoms with E-state index in [-0.39, 0.29) is 6.04 Å². The normalized spacial score (nSPS) is 15.8. The number of aryl methyl sites for hydroxylation is 2. The summed E-state index contributed by atoms with van der Waals surface area (Å²) in [6, 6.07) is 7.00. The molecule has 1 nitrogen and oxygen atoms in total. The van der Waals surface area contributed by atoms with Crippen molar-refractivity contribution in [1.29, 1.82) is 0 Å². The highest BCUT2D eigenvalue weighted by Crippen LogP contribution is 2.26. The van der Waals surface area contributed by atoms with Crippen LogP contribution in [0.1, 0.15) is 48.4 Å². The molecule has 16 heavy (non-hydrogen) atoms. The first-order valence-corrected chi connectivity index (χ1v) is 6.29. The van der Waals surface area contributed by atoms with Crippen molar-refractivity contribution in [2.24, 2.45) is 5.73 Å². The fourth-order valence-electron chi connectivity index (χ4n) is 2.47. The summed E-state index contributed by atoms with van der Waals surface area (Å²) in [7, 11) is 0. The van der Waals surface area contributed by atoms with Gasteiger partial charge in [0.2, 0.25) is 0 Å². The molecule has 0 fully saturated rings. The second-order valence-corrected chi connectivity index (χ2v) is 4.71. The van der Waals surface area contributed by atoms with Gasteiger partial charge in [0.25, 0.3) is 0 Å². The van der Waals surface area contributed by atoms with Crippen molar-refractivity contribution in [2.75, 3.05) is 0 Å². The standard InChI is InChI=1S/C15H21N/c1-2-3-4-8-15(16)14-10-9-12-6-5-7-13(12)11-14/h2,9-11,15H,1,3-8,16H2. The third-order valence-electron chi connectivity index (χ3n) is 3.47. The van der Waals surface area contributed by atoms with Gasteiger partial charge < -0.3 is 5.73 Å². The lowest BCUT2D eigenvalue weighted by molar-refractivity contribution is 0.617. The van der Waals surface area contributed by atoms with Gasteiger partial charge in [-0.2, -0.15) is 0 Å². The molecule has 0 aromatic heterocycles. The van der Waals surface area contributed by atoms with E-state index in [0.717, 1.165) is 19.3 Å². The third-order valence-corrected chi connectivity index (χ3v) is 3.47. The zero-order chi connectivity index (χ0) is 11.4. The van der Waals surface area contributed by atoms with Gasteiger partial charge in [0, 0.05) is 6.04 Å². The summed E-state index contributed by atoms with van der Waals surface area (Å²) >= 11 is 0. The van der Waals surface area contributed by atoms with E-state index in [1.165, 1.54) is 36.0 Å². The summed E-state index contributed by atoms with van der Waals surface area (Å²) in [5.41, 5.74) is 10.6. The second-order valence-electron chi connectivity index (χ2n) is 4.71. The molecule has 0 radical (unpaired) electrons. The van der Waals surface area contributed by atoms with Gasteiger partial charge in [-0.25, -0.2) is 0 Å². The van der Waals surface area contributed by atoms with Crippen LogP contribution in [0.3, 0.4) is 0 Å². The molecule has 86 valence electrons. The summed E-state index contributed by atoms with van der Waals surface area (Å²) in [5, 5.41) is 0. The van der Waals surface area contributed by atoms with Crippen LogP contribution in [0.5, 0.6) is 0 Å². The van der Waals surface area contributed by atoms with E-state index in [9.17, 15) is 0 Å². The highest BCUT2D eigenvalue weighted by molar-refractivity contribution is 5.36. The van der Waals surface area contributed by atoms with Gasteiger partial charge in [-0.1, -0.05) is 24.3 Å². The van der Waals surface area contributed by atoms with E-state index >= 15 is 0 Å². The lowest BCUT2D eigenvalue weighted by Crippen LogP contribution is -2.10. The van der Waals surface area contributed by atoms with Crippen molar-refractivity contribution < 1.29 is 0 Å². The summed E-state index contributed by atoms with van der Waals surface area (Å²) in [6.45, 7) is 3.74. The molecule has 0 bridgehead atoms. The molecular weight excluding hydrogens is 194 g/mol. The SMILES string of the molecule is C=CCCCC(N)c1ccc2c(c1)CCC2.